The Hall–Kier alpha value is -1.10. The van der Waals surface area contributed by atoms with Crippen LogP contribution in [0.2, 0.25) is 0 Å². The molecule has 0 fully saturated rings. The Morgan fingerprint density at radius 3 is 3.00 bits per heavy atom. The van der Waals surface area contributed by atoms with Gasteiger partial charge in [0.25, 0.3) is 6.47 Å². The molecular formula is C6H5BrN2O2. The highest BCUT2D eigenvalue weighted by Crippen LogP contribution is 2.20. The van der Waals surface area contributed by atoms with Crippen molar-refractivity contribution in [3.8, 4) is 5.88 Å². The zero-order valence-corrected chi connectivity index (χ0v) is 7.04. The largest absolute Gasteiger partial charge is 0.407 e. The molecule has 11 heavy (non-hydrogen) atoms. The van der Waals surface area contributed by atoms with Crippen LogP contribution in [0.25, 0.3) is 0 Å². The van der Waals surface area contributed by atoms with E-state index in [2.05, 4.69) is 25.7 Å². The molecule has 58 valence electrons. The van der Waals surface area contributed by atoms with Gasteiger partial charge in [0.1, 0.15) is 0 Å². The Morgan fingerprint density at radius 2 is 2.45 bits per heavy atom. The highest BCUT2D eigenvalue weighted by Gasteiger charge is 2.00. The van der Waals surface area contributed by atoms with Gasteiger partial charge in [-0.1, -0.05) is 0 Å². The highest BCUT2D eigenvalue weighted by atomic mass is 79.9. The van der Waals surface area contributed by atoms with Crippen LogP contribution < -0.4 is 10.5 Å². The predicted molar refractivity (Wildman–Crippen MR) is 43.0 cm³/mol. The Bertz CT molecular complexity index is 277. The molecule has 0 saturated carbocycles. The third-order valence-corrected chi connectivity index (χ3v) is 1.44. The number of nitrogen functional groups attached to an aromatic ring is 1. The van der Waals surface area contributed by atoms with Gasteiger partial charge < -0.3 is 10.5 Å². The maximum Gasteiger partial charge on any atom is 0.299 e. The molecule has 0 unspecified atom stereocenters. The molecule has 2 N–H and O–H groups in total. The Labute approximate surface area is 71.5 Å². The number of carbonyl (C=O) groups is 1. The molecule has 0 atom stereocenters. The number of aromatic nitrogens is 1. The number of nitrogens with two attached hydrogens (primary N) is 1. The van der Waals surface area contributed by atoms with Gasteiger partial charge in [-0.15, -0.1) is 0 Å². The number of halogens is 1. The molecule has 1 rings (SSSR count). The van der Waals surface area contributed by atoms with Gasteiger partial charge in [-0.2, -0.15) is 0 Å². The van der Waals surface area contributed by atoms with Crippen molar-refractivity contribution in [2.75, 3.05) is 5.73 Å². The first kappa shape index (κ1) is 8.00. The fourth-order valence-electron chi connectivity index (χ4n) is 0.586. The van der Waals surface area contributed by atoms with Crippen LogP contribution in [0, 0.1) is 0 Å². The lowest BCUT2D eigenvalue weighted by Crippen LogP contribution is -1.97. The summed E-state index contributed by atoms with van der Waals surface area (Å²) in [6, 6.07) is 1.60. The third-order valence-electron chi connectivity index (χ3n) is 1.01. The molecule has 0 radical (unpaired) electrons. The summed E-state index contributed by atoms with van der Waals surface area (Å²) in [5.74, 6) is 0.128. The van der Waals surface area contributed by atoms with Gasteiger partial charge in [0, 0.05) is 10.7 Å². The van der Waals surface area contributed by atoms with Crippen LogP contribution >= 0.6 is 15.9 Å². The van der Waals surface area contributed by atoms with Crippen LogP contribution in [0.5, 0.6) is 5.88 Å². The van der Waals surface area contributed by atoms with Crippen LogP contribution in [0.1, 0.15) is 0 Å². The lowest BCUT2D eigenvalue weighted by Gasteiger charge is -1.99. The molecular weight excluding hydrogens is 212 g/mol. The van der Waals surface area contributed by atoms with Gasteiger partial charge in [-0.3, -0.25) is 4.79 Å². The Balaban J connectivity index is 2.98. The predicted octanol–water partition coefficient (Wildman–Crippen LogP) is 0.962. The fraction of sp³-hybridized carbons (Fsp3) is 0. The Kier molecular flexibility index (Phi) is 2.43. The summed E-state index contributed by atoms with van der Waals surface area (Å²) in [5, 5.41) is 0. The van der Waals surface area contributed by atoms with Crippen LogP contribution in [-0.2, 0) is 4.79 Å². The van der Waals surface area contributed by atoms with E-state index in [-0.39, 0.29) is 12.4 Å². The molecule has 5 heteroatoms. The summed E-state index contributed by atoms with van der Waals surface area (Å²) in [5.41, 5.74) is 5.76. The number of ether oxygens (including phenoxy) is 1. The molecule has 1 aromatic heterocycles. The van der Waals surface area contributed by atoms with E-state index < -0.39 is 0 Å². The molecule has 4 nitrogen and oxygen atoms in total. The number of anilines is 1. The summed E-state index contributed by atoms with van der Waals surface area (Å²) in [4.78, 5) is 13.6. The van der Waals surface area contributed by atoms with E-state index in [0.29, 0.717) is 5.69 Å². The lowest BCUT2D eigenvalue weighted by molar-refractivity contribution is -0.120. The maximum atomic E-state index is 9.88. The first-order valence-corrected chi connectivity index (χ1v) is 3.54. The number of hydrogen-bond acceptors (Lipinski definition) is 4. The van der Waals surface area contributed by atoms with Crippen molar-refractivity contribution < 1.29 is 9.53 Å². The Morgan fingerprint density at radius 1 is 1.73 bits per heavy atom. The second kappa shape index (κ2) is 3.34. The van der Waals surface area contributed by atoms with Crippen molar-refractivity contribution in [1.82, 2.24) is 4.98 Å². The van der Waals surface area contributed by atoms with Gasteiger partial charge in [0.2, 0.25) is 5.88 Å². The van der Waals surface area contributed by atoms with Crippen LogP contribution in [0.3, 0.4) is 0 Å². The van der Waals surface area contributed by atoms with Crippen molar-refractivity contribution in [2.24, 2.45) is 0 Å². The van der Waals surface area contributed by atoms with Gasteiger partial charge in [-0.05, 0) is 22.0 Å². The van der Waals surface area contributed by atoms with Crippen LogP contribution in [0.4, 0.5) is 5.69 Å². The smallest absolute Gasteiger partial charge is 0.299 e. The second-order valence-electron chi connectivity index (χ2n) is 1.76. The zero-order chi connectivity index (χ0) is 8.27. The SMILES string of the molecule is Nc1cc(Br)cnc1OC=O. The molecule has 0 bridgehead atoms. The van der Waals surface area contributed by atoms with Crippen molar-refractivity contribution in [3.05, 3.63) is 16.7 Å². The fourth-order valence-corrected chi connectivity index (χ4v) is 0.935. The number of nitrogens with zero attached hydrogens (tertiary/aromatic N) is 1. The third kappa shape index (κ3) is 1.91. The van der Waals surface area contributed by atoms with Gasteiger partial charge in [-0.25, -0.2) is 4.98 Å². The summed E-state index contributed by atoms with van der Waals surface area (Å²) >= 11 is 3.16. The number of carbonyl (C=O) groups excluding carboxylic acids is 1. The molecule has 0 spiro atoms. The van der Waals surface area contributed by atoms with Gasteiger partial charge in [0.05, 0.1) is 5.69 Å². The average Bonchev–Trinajstić information content (AvgIpc) is 1.95. The summed E-state index contributed by atoms with van der Waals surface area (Å²) < 4.78 is 5.20. The lowest BCUT2D eigenvalue weighted by atomic mass is 10.4. The van der Waals surface area contributed by atoms with E-state index in [4.69, 9.17) is 5.73 Å². The molecule has 0 saturated heterocycles. The van der Waals surface area contributed by atoms with Crippen molar-refractivity contribution in [1.29, 1.82) is 0 Å². The summed E-state index contributed by atoms with van der Waals surface area (Å²) in [7, 11) is 0. The number of pyridine rings is 1. The molecule has 0 aromatic carbocycles. The quantitative estimate of drug-likeness (QED) is 0.749. The molecule has 1 aromatic rings. The van der Waals surface area contributed by atoms with E-state index >= 15 is 0 Å². The molecule has 0 amide bonds. The molecule has 0 aliphatic heterocycles. The minimum absolute atomic E-state index is 0.128. The van der Waals surface area contributed by atoms with E-state index in [1.807, 2.05) is 0 Å². The molecule has 1 heterocycles. The summed E-state index contributed by atoms with van der Waals surface area (Å²) in [6.07, 6.45) is 1.50. The molecule has 0 aliphatic carbocycles. The van der Waals surface area contributed by atoms with Gasteiger partial charge in [0.15, 0.2) is 0 Å². The normalized spacial score (nSPS) is 9.18. The van der Waals surface area contributed by atoms with Crippen molar-refractivity contribution >= 4 is 28.1 Å². The number of rotatable bonds is 2. The average molecular weight is 217 g/mol. The minimum Gasteiger partial charge on any atom is -0.407 e. The van der Waals surface area contributed by atoms with Crippen LogP contribution in [-0.4, -0.2) is 11.5 Å². The van der Waals surface area contributed by atoms with E-state index in [1.54, 1.807) is 6.07 Å². The number of hydrogen-bond donors (Lipinski definition) is 1. The van der Waals surface area contributed by atoms with Crippen molar-refractivity contribution in [3.63, 3.8) is 0 Å². The standard InChI is InChI=1S/C6H5BrN2O2/c7-4-1-5(8)6(9-2-4)11-3-10/h1-3H,8H2. The van der Waals surface area contributed by atoms with E-state index in [9.17, 15) is 4.79 Å². The first-order chi connectivity index (χ1) is 5.24. The second-order valence-corrected chi connectivity index (χ2v) is 2.68. The van der Waals surface area contributed by atoms with E-state index in [1.165, 1.54) is 6.20 Å². The first-order valence-electron chi connectivity index (χ1n) is 2.75. The minimum atomic E-state index is 0.128. The topological polar surface area (TPSA) is 65.2 Å². The monoisotopic (exact) mass is 216 g/mol. The van der Waals surface area contributed by atoms with Crippen LogP contribution in [0.15, 0.2) is 16.7 Å². The van der Waals surface area contributed by atoms with Gasteiger partial charge >= 0.3 is 0 Å². The zero-order valence-electron chi connectivity index (χ0n) is 5.45. The maximum absolute atomic E-state index is 9.88. The summed E-state index contributed by atoms with van der Waals surface area (Å²) in [6.45, 7) is 0.284. The van der Waals surface area contributed by atoms with Crippen molar-refractivity contribution in [2.45, 2.75) is 0 Å². The highest BCUT2D eigenvalue weighted by molar-refractivity contribution is 9.10. The molecule has 0 aliphatic rings. The van der Waals surface area contributed by atoms with E-state index in [0.717, 1.165) is 4.47 Å².